The molecule has 8 heteroatoms. The summed E-state index contributed by atoms with van der Waals surface area (Å²) < 4.78 is 5.19. The Morgan fingerprint density at radius 2 is 1.90 bits per heavy atom. The number of benzene rings is 1. The van der Waals surface area contributed by atoms with Crippen molar-refractivity contribution >= 4 is 46.4 Å². The van der Waals surface area contributed by atoms with Crippen LogP contribution in [0.5, 0.6) is 5.75 Å². The molecular formula is C13H10Cl3N3O2. The predicted molar refractivity (Wildman–Crippen MR) is 82.7 cm³/mol. The number of nitrogens with zero attached hydrogens (tertiary/aromatic N) is 2. The van der Waals surface area contributed by atoms with Crippen LogP contribution < -0.4 is 10.1 Å². The van der Waals surface area contributed by atoms with Crippen LogP contribution in [-0.4, -0.2) is 23.2 Å². The smallest absolute Gasteiger partial charge is 0.259 e. The first-order valence-corrected chi connectivity index (χ1v) is 6.90. The van der Waals surface area contributed by atoms with Crippen LogP contribution in [0.15, 0.2) is 18.2 Å². The number of aryl methyl sites for hydroxylation is 1. The van der Waals surface area contributed by atoms with E-state index in [0.29, 0.717) is 16.5 Å². The molecule has 0 fully saturated rings. The Morgan fingerprint density at radius 1 is 1.19 bits per heavy atom. The molecule has 1 amide bonds. The first-order valence-electron chi connectivity index (χ1n) is 5.76. The third-order valence-electron chi connectivity index (χ3n) is 2.69. The molecule has 110 valence electrons. The second kappa shape index (κ2) is 6.47. The van der Waals surface area contributed by atoms with Gasteiger partial charge in [-0.2, -0.15) is 0 Å². The summed E-state index contributed by atoms with van der Waals surface area (Å²) in [5.41, 5.74) is 1.38. The summed E-state index contributed by atoms with van der Waals surface area (Å²) in [7, 11) is 1.48. The number of hydrogen-bond acceptors (Lipinski definition) is 4. The molecule has 2 aromatic rings. The van der Waals surface area contributed by atoms with Gasteiger partial charge >= 0.3 is 0 Å². The standard InChI is InChI=1S/C13H10Cl3N3O2/c1-6-3-9(10(21-2)5-8(6)14)17-13(20)7-4-11(15)18-19-12(7)16/h3-5H,1-2H3,(H,17,20). The molecule has 0 aliphatic rings. The Labute approximate surface area is 136 Å². The van der Waals surface area contributed by atoms with Gasteiger partial charge < -0.3 is 10.1 Å². The summed E-state index contributed by atoms with van der Waals surface area (Å²) in [5, 5.41) is 10.4. The number of carbonyl (C=O) groups excluding carboxylic acids is 1. The third kappa shape index (κ3) is 3.56. The molecule has 0 aliphatic heterocycles. The average Bonchev–Trinajstić information content (AvgIpc) is 2.45. The third-order valence-corrected chi connectivity index (χ3v) is 3.56. The Kier molecular flexibility index (Phi) is 4.88. The van der Waals surface area contributed by atoms with E-state index in [2.05, 4.69) is 15.5 Å². The van der Waals surface area contributed by atoms with Gasteiger partial charge in [-0.05, 0) is 24.6 Å². The van der Waals surface area contributed by atoms with Crippen molar-refractivity contribution in [3.63, 3.8) is 0 Å². The van der Waals surface area contributed by atoms with Crippen molar-refractivity contribution in [2.45, 2.75) is 6.92 Å². The molecule has 0 spiro atoms. The first kappa shape index (κ1) is 15.8. The van der Waals surface area contributed by atoms with Gasteiger partial charge in [0.1, 0.15) is 5.75 Å². The van der Waals surface area contributed by atoms with Gasteiger partial charge in [0.2, 0.25) is 0 Å². The lowest BCUT2D eigenvalue weighted by atomic mass is 10.2. The quantitative estimate of drug-likeness (QED) is 0.912. The fourth-order valence-corrected chi connectivity index (χ4v) is 2.11. The molecule has 0 bridgehead atoms. The van der Waals surface area contributed by atoms with Gasteiger partial charge in [0, 0.05) is 11.1 Å². The van der Waals surface area contributed by atoms with Crippen molar-refractivity contribution in [2.24, 2.45) is 0 Å². The zero-order chi connectivity index (χ0) is 15.6. The van der Waals surface area contributed by atoms with Crippen LogP contribution in [0.25, 0.3) is 0 Å². The van der Waals surface area contributed by atoms with Gasteiger partial charge in [0.05, 0.1) is 18.4 Å². The van der Waals surface area contributed by atoms with Crippen molar-refractivity contribution in [1.82, 2.24) is 10.2 Å². The number of nitrogens with one attached hydrogen (secondary N) is 1. The van der Waals surface area contributed by atoms with E-state index in [0.717, 1.165) is 5.56 Å². The van der Waals surface area contributed by atoms with E-state index in [1.165, 1.54) is 13.2 Å². The number of carbonyl (C=O) groups is 1. The summed E-state index contributed by atoms with van der Waals surface area (Å²) in [4.78, 5) is 12.2. The molecular weight excluding hydrogens is 337 g/mol. The molecule has 0 aliphatic carbocycles. The molecule has 1 N–H and O–H groups in total. The van der Waals surface area contributed by atoms with Crippen LogP contribution in [0.4, 0.5) is 5.69 Å². The molecule has 1 aromatic heterocycles. The van der Waals surface area contributed by atoms with Gasteiger partial charge in [-0.25, -0.2) is 0 Å². The summed E-state index contributed by atoms with van der Waals surface area (Å²) in [5.74, 6) is -0.0417. The van der Waals surface area contributed by atoms with Gasteiger partial charge in [-0.1, -0.05) is 34.8 Å². The molecule has 0 saturated heterocycles. The van der Waals surface area contributed by atoms with Crippen LogP contribution >= 0.6 is 34.8 Å². The van der Waals surface area contributed by atoms with E-state index in [1.54, 1.807) is 12.1 Å². The summed E-state index contributed by atoms with van der Waals surface area (Å²) in [6.45, 7) is 1.81. The van der Waals surface area contributed by atoms with Crippen molar-refractivity contribution in [1.29, 1.82) is 0 Å². The number of rotatable bonds is 3. The van der Waals surface area contributed by atoms with E-state index in [1.807, 2.05) is 6.92 Å². The monoisotopic (exact) mass is 345 g/mol. The summed E-state index contributed by atoms with van der Waals surface area (Å²) in [6.07, 6.45) is 0. The van der Waals surface area contributed by atoms with E-state index >= 15 is 0 Å². The van der Waals surface area contributed by atoms with Crippen molar-refractivity contribution in [3.8, 4) is 5.75 Å². The molecule has 0 saturated carbocycles. The number of aromatic nitrogens is 2. The van der Waals surface area contributed by atoms with Gasteiger partial charge in [0.15, 0.2) is 10.3 Å². The highest BCUT2D eigenvalue weighted by atomic mass is 35.5. The second-order valence-electron chi connectivity index (χ2n) is 4.13. The highest BCUT2D eigenvalue weighted by Gasteiger charge is 2.16. The van der Waals surface area contributed by atoms with Crippen LogP contribution in [0.2, 0.25) is 15.3 Å². The number of halogens is 3. The molecule has 0 radical (unpaired) electrons. The van der Waals surface area contributed by atoms with Crippen LogP contribution in [-0.2, 0) is 0 Å². The Hall–Kier alpha value is -1.56. The maximum absolute atomic E-state index is 12.2. The fraction of sp³-hybridized carbons (Fsp3) is 0.154. The fourth-order valence-electron chi connectivity index (χ4n) is 1.63. The van der Waals surface area contributed by atoms with E-state index in [4.69, 9.17) is 39.5 Å². The SMILES string of the molecule is COc1cc(Cl)c(C)cc1NC(=O)c1cc(Cl)nnc1Cl. The minimum atomic E-state index is -0.475. The van der Waals surface area contributed by atoms with Gasteiger partial charge in [0.25, 0.3) is 5.91 Å². The highest BCUT2D eigenvalue weighted by Crippen LogP contribution is 2.31. The normalized spacial score (nSPS) is 10.3. The Bertz CT molecular complexity index is 707. The van der Waals surface area contributed by atoms with Crippen molar-refractivity contribution in [2.75, 3.05) is 12.4 Å². The molecule has 0 unspecified atom stereocenters. The van der Waals surface area contributed by atoms with Gasteiger partial charge in [-0.15, -0.1) is 10.2 Å². The zero-order valence-corrected chi connectivity index (χ0v) is 13.3. The molecule has 1 aromatic carbocycles. The van der Waals surface area contributed by atoms with E-state index in [9.17, 15) is 4.79 Å². The molecule has 21 heavy (non-hydrogen) atoms. The number of amides is 1. The minimum Gasteiger partial charge on any atom is -0.495 e. The Balaban J connectivity index is 2.35. The van der Waals surface area contributed by atoms with Gasteiger partial charge in [-0.3, -0.25) is 4.79 Å². The molecule has 5 nitrogen and oxygen atoms in total. The second-order valence-corrected chi connectivity index (χ2v) is 5.28. The number of ether oxygens (including phenoxy) is 1. The summed E-state index contributed by atoms with van der Waals surface area (Å²) in [6, 6.07) is 4.65. The molecule has 1 heterocycles. The number of methoxy groups -OCH3 is 1. The largest absolute Gasteiger partial charge is 0.495 e. The minimum absolute atomic E-state index is 0.0402. The van der Waals surface area contributed by atoms with Crippen molar-refractivity contribution < 1.29 is 9.53 Å². The van der Waals surface area contributed by atoms with Crippen LogP contribution in [0.1, 0.15) is 15.9 Å². The topological polar surface area (TPSA) is 64.1 Å². The van der Waals surface area contributed by atoms with E-state index < -0.39 is 5.91 Å². The Morgan fingerprint density at radius 3 is 2.57 bits per heavy atom. The molecule has 2 rings (SSSR count). The summed E-state index contributed by atoms with van der Waals surface area (Å²) >= 11 is 17.6. The maximum atomic E-state index is 12.2. The average molecular weight is 347 g/mol. The van der Waals surface area contributed by atoms with Crippen LogP contribution in [0.3, 0.4) is 0 Å². The lowest BCUT2D eigenvalue weighted by molar-refractivity contribution is 0.102. The maximum Gasteiger partial charge on any atom is 0.259 e. The molecule has 0 atom stereocenters. The van der Waals surface area contributed by atoms with E-state index in [-0.39, 0.29) is 15.9 Å². The lowest BCUT2D eigenvalue weighted by Gasteiger charge is -2.12. The first-order chi connectivity index (χ1) is 9.92. The van der Waals surface area contributed by atoms with Crippen LogP contribution in [0, 0.1) is 6.92 Å². The lowest BCUT2D eigenvalue weighted by Crippen LogP contribution is -2.14. The zero-order valence-electron chi connectivity index (χ0n) is 11.1. The highest BCUT2D eigenvalue weighted by molar-refractivity contribution is 6.34. The number of hydrogen-bond donors (Lipinski definition) is 1. The van der Waals surface area contributed by atoms with Crippen molar-refractivity contribution in [3.05, 3.63) is 44.7 Å². The number of anilines is 1. The predicted octanol–water partition coefficient (Wildman–Crippen LogP) is 4.01.